The van der Waals surface area contributed by atoms with Crippen LogP contribution < -0.4 is 10.1 Å². The lowest BCUT2D eigenvalue weighted by Gasteiger charge is -2.09. The summed E-state index contributed by atoms with van der Waals surface area (Å²) in [6.07, 6.45) is 1.67. The summed E-state index contributed by atoms with van der Waals surface area (Å²) in [5.41, 5.74) is 1.83. The molecule has 0 bridgehead atoms. The van der Waals surface area contributed by atoms with E-state index in [1.54, 1.807) is 60.2 Å². The van der Waals surface area contributed by atoms with Crippen LogP contribution in [-0.2, 0) is 4.79 Å². The number of aromatic nitrogens is 1. The lowest BCUT2D eigenvalue weighted by Crippen LogP contribution is -2.25. The number of ether oxygens (including phenoxy) is 1. The first-order chi connectivity index (χ1) is 14.5. The maximum absolute atomic E-state index is 13.9. The zero-order valence-electron chi connectivity index (χ0n) is 15.9. The number of fused-ring (bicyclic) bond motifs is 1. The molecule has 0 atom stereocenters. The predicted molar refractivity (Wildman–Crippen MR) is 109 cm³/mol. The van der Waals surface area contributed by atoms with Crippen molar-refractivity contribution in [1.82, 2.24) is 4.40 Å². The quantitative estimate of drug-likeness (QED) is 0.386. The van der Waals surface area contributed by atoms with Crippen molar-refractivity contribution in [3.63, 3.8) is 0 Å². The molecule has 0 saturated heterocycles. The number of hydrogen-bond acceptors (Lipinski definition) is 3. The third kappa shape index (κ3) is 3.53. The molecule has 0 fully saturated rings. The number of pyridine rings is 1. The Bertz CT molecular complexity index is 1260. The third-order valence-corrected chi connectivity index (χ3v) is 4.68. The van der Waals surface area contributed by atoms with Crippen LogP contribution in [0.15, 0.2) is 72.9 Å². The Morgan fingerprint density at radius 2 is 1.73 bits per heavy atom. The molecule has 0 radical (unpaired) electrons. The summed E-state index contributed by atoms with van der Waals surface area (Å²) in [4.78, 5) is 25.7. The van der Waals surface area contributed by atoms with Crippen LogP contribution in [0.4, 0.5) is 14.5 Å². The molecule has 0 saturated carbocycles. The van der Waals surface area contributed by atoms with Gasteiger partial charge in [0.05, 0.1) is 12.8 Å². The van der Waals surface area contributed by atoms with E-state index in [-0.39, 0.29) is 11.4 Å². The molecule has 0 aliphatic heterocycles. The van der Waals surface area contributed by atoms with Gasteiger partial charge in [-0.05, 0) is 48.0 Å². The molecular weight excluding hydrogens is 390 g/mol. The summed E-state index contributed by atoms with van der Waals surface area (Å²) in [5, 5.41) is 2.22. The number of benzene rings is 2. The zero-order valence-corrected chi connectivity index (χ0v) is 15.9. The van der Waals surface area contributed by atoms with Gasteiger partial charge >= 0.3 is 0 Å². The van der Waals surface area contributed by atoms with E-state index in [4.69, 9.17) is 4.74 Å². The molecular formula is C23H16F2N2O3. The second kappa shape index (κ2) is 7.79. The fraction of sp³-hybridized carbons (Fsp3) is 0.0435. The lowest BCUT2D eigenvalue weighted by atomic mass is 10.0. The monoisotopic (exact) mass is 406 g/mol. The van der Waals surface area contributed by atoms with Gasteiger partial charge in [-0.2, -0.15) is 0 Å². The Morgan fingerprint density at radius 3 is 2.43 bits per heavy atom. The van der Waals surface area contributed by atoms with Gasteiger partial charge in [-0.15, -0.1) is 0 Å². The smallest absolute Gasteiger partial charge is 0.298 e. The largest absolute Gasteiger partial charge is 0.497 e. The van der Waals surface area contributed by atoms with Crippen LogP contribution in [0, 0.1) is 11.6 Å². The van der Waals surface area contributed by atoms with Gasteiger partial charge in [0.1, 0.15) is 23.1 Å². The van der Waals surface area contributed by atoms with Crippen molar-refractivity contribution in [3.05, 3.63) is 90.3 Å². The highest BCUT2D eigenvalue weighted by molar-refractivity contribution is 6.47. The maximum Gasteiger partial charge on any atom is 0.298 e. The standard InChI is InChI=1S/C23H16F2N2O3/c1-30-17-8-5-14(6-9-17)18-13-16-4-2-3-11-27(16)21(18)22(28)23(29)26-20-10-7-15(24)12-19(20)25/h2-13H,1H3,(H,26,29). The molecule has 0 unspecified atom stereocenters. The van der Waals surface area contributed by atoms with Crippen LogP contribution in [-0.4, -0.2) is 23.2 Å². The van der Waals surface area contributed by atoms with Crippen molar-refractivity contribution >= 4 is 22.9 Å². The van der Waals surface area contributed by atoms with Crippen LogP contribution >= 0.6 is 0 Å². The number of carbonyl (C=O) groups is 2. The first kappa shape index (κ1) is 19.3. The second-order valence-corrected chi connectivity index (χ2v) is 6.54. The first-order valence-corrected chi connectivity index (χ1v) is 9.03. The van der Waals surface area contributed by atoms with Crippen LogP contribution in [0.5, 0.6) is 5.75 Å². The molecule has 4 aromatic rings. The molecule has 1 N–H and O–H groups in total. The number of methoxy groups -OCH3 is 1. The number of ketones is 1. The summed E-state index contributed by atoms with van der Waals surface area (Å²) in [6, 6.07) is 16.9. The van der Waals surface area contributed by atoms with Crippen molar-refractivity contribution < 1.29 is 23.1 Å². The number of hydrogen-bond donors (Lipinski definition) is 1. The van der Waals surface area contributed by atoms with Gasteiger partial charge in [0.25, 0.3) is 11.7 Å². The lowest BCUT2D eigenvalue weighted by molar-refractivity contribution is -0.112. The number of nitrogens with one attached hydrogen (secondary N) is 1. The highest BCUT2D eigenvalue weighted by atomic mass is 19.1. The van der Waals surface area contributed by atoms with Gasteiger partial charge in [-0.1, -0.05) is 18.2 Å². The van der Waals surface area contributed by atoms with Gasteiger partial charge in [-0.3, -0.25) is 9.59 Å². The minimum Gasteiger partial charge on any atom is -0.497 e. The molecule has 0 spiro atoms. The minimum atomic E-state index is -1.03. The SMILES string of the molecule is COc1ccc(-c2cc3ccccn3c2C(=O)C(=O)Nc2ccc(F)cc2F)cc1. The average Bonchev–Trinajstić information content (AvgIpc) is 3.14. The van der Waals surface area contributed by atoms with E-state index >= 15 is 0 Å². The van der Waals surface area contributed by atoms with Crippen molar-refractivity contribution in [2.45, 2.75) is 0 Å². The topological polar surface area (TPSA) is 59.8 Å². The predicted octanol–water partition coefficient (Wildman–Crippen LogP) is 4.71. The van der Waals surface area contributed by atoms with Gasteiger partial charge in [0, 0.05) is 23.3 Å². The first-order valence-electron chi connectivity index (χ1n) is 9.03. The molecule has 1 amide bonds. The molecule has 5 nitrogen and oxygen atoms in total. The zero-order chi connectivity index (χ0) is 21.3. The molecule has 150 valence electrons. The highest BCUT2D eigenvalue weighted by Gasteiger charge is 2.25. The van der Waals surface area contributed by atoms with E-state index in [2.05, 4.69) is 5.32 Å². The van der Waals surface area contributed by atoms with E-state index in [1.165, 1.54) is 0 Å². The number of carbonyl (C=O) groups excluding carboxylic acids is 2. The molecule has 4 rings (SSSR count). The summed E-state index contributed by atoms with van der Waals surface area (Å²) in [5.74, 6) is -2.97. The Morgan fingerprint density at radius 1 is 0.967 bits per heavy atom. The van der Waals surface area contributed by atoms with E-state index in [1.807, 2.05) is 6.07 Å². The number of halogens is 2. The molecule has 7 heteroatoms. The Kier molecular flexibility index (Phi) is 5.02. The Hall–Kier alpha value is -4.00. The van der Waals surface area contributed by atoms with Gasteiger partial charge < -0.3 is 14.5 Å². The Balaban J connectivity index is 1.76. The van der Waals surface area contributed by atoms with Gasteiger partial charge in [0.15, 0.2) is 0 Å². The average molecular weight is 406 g/mol. The molecule has 2 heterocycles. The van der Waals surface area contributed by atoms with E-state index in [0.29, 0.717) is 28.5 Å². The van der Waals surface area contributed by atoms with Crippen LogP contribution in [0.3, 0.4) is 0 Å². The third-order valence-electron chi connectivity index (χ3n) is 4.68. The summed E-state index contributed by atoms with van der Waals surface area (Å²) >= 11 is 0. The van der Waals surface area contributed by atoms with Crippen molar-refractivity contribution in [2.75, 3.05) is 12.4 Å². The highest BCUT2D eigenvalue weighted by Crippen LogP contribution is 2.30. The van der Waals surface area contributed by atoms with Crippen LogP contribution in [0.25, 0.3) is 16.6 Å². The summed E-state index contributed by atoms with van der Waals surface area (Å²) in [7, 11) is 1.55. The number of nitrogens with zero attached hydrogens (tertiary/aromatic N) is 1. The van der Waals surface area contributed by atoms with Gasteiger partial charge in [-0.25, -0.2) is 8.78 Å². The number of rotatable bonds is 5. The number of anilines is 1. The van der Waals surface area contributed by atoms with Gasteiger partial charge in [0.2, 0.25) is 0 Å². The van der Waals surface area contributed by atoms with Crippen molar-refractivity contribution in [3.8, 4) is 16.9 Å². The molecule has 0 aliphatic rings. The van der Waals surface area contributed by atoms with E-state index in [9.17, 15) is 18.4 Å². The van der Waals surface area contributed by atoms with Crippen molar-refractivity contribution in [1.29, 1.82) is 0 Å². The van der Waals surface area contributed by atoms with Crippen LogP contribution in [0.1, 0.15) is 10.5 Å². The van der Waals surface area contributed by atoms with E-state index < -0.39 is 23.3 Å². The van der Waals surface area contributed by atoms with Crippen LogP contribution in [0.2, 0.25) is 0 Å². The normalized spacial score (nSPS) is 10.8. The maximum atomic E-state index is 13.9. The number of amides is 1. The fourth-order valence-electron chi connectivity index (χ4n) is 3.22. The molecule has 2 aromatic carbocycles. The molecule has 0 aliphatic carbocycles. The summed E-state index contributed by atoms with van der Waals surface area (Å²) < 4.78 is 33.8. The summed E-state index contributed by atoms with van der Waals surface area (Å²) in [6.45, 7) is 0. The fourth-order valence-corrected chi connectivity index (χ4v) is 3.22. The molecule has 2 aromatic heterocycles. The number of Topliss-reactive ketones (excluding diaryl/α,β-unsaturated/α-hetero) is 1. The van der Waals surface area contributed by atoms with E-state index in [0.717, 1.165) is 12.1 Å². The Labute approximate surface area is 170 Å². The molecule has 30 heavy (non-hydrogen) atoms. The minimum absolute atomic E-state index is 0.135. The van der Waals surface area contributed by atoms with Crippen molar-refractivity contribution in [2.24, 2.45) is 0 Å². The second-order valence-electron chi connectivity index (χ2n) is 6.54.